The third-order valence-electron chi connectivity index (χ3n) is 3.51. The largest absolute Gasteiger partial charge is 0.373 e. The number of amides is 1. The lowest BCUT2D eigenvalue weighted by Crippen LogP contribution is -2.44. The molecule has 4 nitrogen and oxygen atoms in total. The predicted octanol–water partition coefficient (Wildman–Crippen LogP) is 3.13. The minimum Gasteiger partial charge on any atom is -0.373 e. The maximum absolute atomic E-state index is 12.3. The van der Waals surface area contributed by atoms with Gasteiger partial charge in [0.25, 0.3) is 0 Å². The number of anilines is 1. The van der Waals surface area contributed by atoms with Crippen molar-refractivity contribution in [2.45, 2.75) is 32.2 Å². The number of hydrogen-bond acceptors (Lipinski definition) is 3. The number of hydrogen-bond donors (Lipinski definition) is 1. The lowest BCUT2D eigenvalue weighted by atomic mass is 10.1. The number of nitrogens with one attached hydrogen (secondary N) is 1. The minimum absolute atomic E-state index is 0.108. The van der Waals surface area contributed by atoms with Gasteiger partial charge >= 0.3 is 0 Å². The molecule has 1 aliphatic rings. The van der Waals surface area contributed by atoms with Crippen molar-refractivity contribution in [3.63, 3.8) is 0 Å². The second-order valence-corrected chi connectivity index (χ2v) is 5.97. The van der Waals surface area contributed by atoms with Gasteiger partial charge in [-0.3, -0.25) is 4.79 Å². The van der Waals surface area contributed by atoms with Crippen LogP contribution in [-0.2, 0) is 4.79 Å². The van der Waals surface area contributed by atoms with Crippen LogP contribution in [0, 0.1) is 11.3 Å². The third-order valence-corrected chi connectivity index (χ3v) is 4.01. The highest BCUT2D eigenvalue weighted by molar-refractivity contribution is 9.10. The van der Waals surface area contributed by atoms with Crippen molar-refractivity contribution in [1.29, 1.82) is 5.26 Å². The van der Waals surface area contributed by atoms with Gasteiger partial charge in [-0.2, -0.15) is 5.26 Å². The molecule has 1 unspecified atom stereocenters. The second kappa shape index (κ2) is 6.76. The van der Waals surface area contributed by atoms with Gasteiger partial charge in [0.1, 0.15) is 12.1 Å². The van der Waals surface area contributed by atoms with E-state index in [9.17, 15) is 4.79 Å². The van der Waals surface area contributed by atoms with E-state index >= 15 is 0 Å². The summed E-state index contributed by atoms with van der Waals surface area (Å²) in [4.78, 5) is 14.2. The highest BCUT2D eigenvalue weighted by Gasteiger charge is 2.22. The first-order chi connectivity index (χ1) is 9.61. The van der Waals surface area contributed by atoms with Crippen LogP contribution in [0.3, 0.4) is 0 Å². The number of halogens is 1. The Morgan fingerprint density at radius 1 is 1.40 bits per heavy atom. The molecule has 1 amide bonds. The molecule has 20 heavy (non-hydrogen) atoms. The molecule has 0 saturated carbocycles. The molecule has 106 valence electrons. The van der Waals surface area contributed by atoms with Gasteiger partial charge in [-0.25, -0.2) is 0 Å². The first-order valence-corrected chi connectivity index (χ1v) is 7.66. The van der Waals surface area contributed by atoms with Crippen LogP contribution in [0.2, 0.25) is 0 Å². The molecule has 0 radical (unpaired) electrons. The summed E-state index contributed by atoms with van der Waals surface area (Å²) >= 11 is 3.34. The zero-order valence-corrected chi connectivity index (χ0v) is 13.1. The number of nitrogens with zero attached hydrogens (tertiary/aromatic N) is 2. The van der Waals surface area contributed by atoms with Gasteiger partial charge in [-0.1, -0.05) is 15.9 Å². The molecule has 1 heterocycles. The molecule has 1 N–H and O–H groups in total. The Balaban J connectivity index is 2.05. The summed E-state index contributed by atoms with van der Waals surface area (Å²) < 4.78 is 0.856. The predicted molar refractivity (Wildman–Crippen MR) is 82.4 cm³/mol. The molecule has 1 saturated heterocycles. The van der Waals surface area contributed by atoms with E-state index < -0.39 is 0 Å². The van der Waals surface area contributed by atoms with Gasteiger partial charge in [-0.15, -0.1) is 0 Å². The number of benzene rings is 1. The van der Waals surface area contributed by atoms with Gasteiger partial charge < -0.3 is 10.2 Å². The molecule has 0 aromatic heterocycles. The molecule has 0 bridgehead atoms. The third kappa shape index (κ3) is 3.51. The van der Waals surface area contributed by atoms with Crippen LogP contribution in [-0.4, -0.2) is 29.9 Å². The van der Waals surface area contributed by atoms with E-state index in [4.69, 9.17) is 5.26 Å². The van der Waals surface area contributed by atoms with Crippen LogP contribution < -0.4 is 5.32 Å². The molecule has 1 fully saturated rings. The summed E-state index contributed by atoms with van der Waals surface area (Å²) in [5, 5.41) is 12.3. The number of likely N-dealkylation sites (tertiary alicyclic amines) is 1. The molecule has 5 heteroatoms. The molecule has 1 aromatic rings. The van der Waals surface area contributed by atoms with Gasteiger partial charge in [0, 0.05) is 17.6 Å². The number of carbonyl (C=O) groups excluding carboxylic acids is 1. The van der Waals surface area contributed by atoms with Crippen molar-refractivity contribution in [3.8, 4) is 6.07 Å². The highest BCUT2D eigenvalue weighted by atomic mass is 79.9. The molecule has 1 aliphatic heterocycles. The van der Waals surface area contributed by atoms with Gasteiger partial charge in [0.05, 0.1) is 11.3 Å². The molecule has 1 aromatic carbocycles. The highest BCUT2D eigenvalue weighted by Crippen LogP contribution is 2.21. The van der Waals surface area contributed by atoms with E-state index in [1.165, 1.54) is 6.42 Å². The fraction of sp³-hybridized carbons (Fsp3) is 0.467. The molecule has 0 spiro atoms. The minimum atomic E-state index is -0.318. The standard InChI is InChI=1S/C15H18BrN3O/c1-11(15(20)19-7-3-2-4-8-19)18-14-6-5-13(16)9-12(14)10-17/h5-6,9,11,18H,2-4,7-8H2,1H3. The summed E-state index contributed by atoms with van der Waals surface area (Å²) in [5.41, 5.74) is 1.24. The molecule has 0 aliphatic carbocycles. The van der Waals surface area contributed by atoms with Crippen LogP contribution in [0.15, 0.2) is 22.7 Å². The van der Waals surface area contributed by atoms with Crippen molar-refractivity contribution in [3.05, 3.63) is 28.2 Å². The molecule has 2 rings (SSSR count). The number of rotatable bonds is 3. The number of nitriles is 1. The first-order valence-electron chi connectivity index (χ1n) is 6.87. The summed E-state index contributed by atoms with van der Waals surface area (Å²) in [6, 6.07) is 7.26. The van der Waals surface area contributed by atoms with Crippen LogP contribution in [0.4, 0.5) is 5.69 Å². The summed E-state index contributed by atoms with van der Waals surface area (Å²) in [6.07, 6.45) is 3.37. The lowest BCUT2D eigenvalue weighted by molar-refractivity contribution is -0.132. The molecular weight excluding hydrogens is 318 g/mol. The Kier molecular flexibility index (Phi) is 5.02. The maximum Gasteiger partial charge on any atom is 0.244 e. The lowest BCUT2D eigenvalue weighted by Gasteiger charge is -2.29. The molecule has 1 atom stereocenters. The Morgan fingerprint density at radius 2 is 2.10 bits per heavy atom. The van der Waals surface area contributed by atoms with E-state index in [1.54, 1.807) is 6.07 Å². The SMILES string of the molecule is CC(Nc1ccc(Br)cc1C#N)C(=O)N1CCCCC1. The Bertz CT molecular complexity index is 532. The van der Waals surface area contributed by atoms with E-state index in [1.807, 2.05) is 24.0 Å². The Morgan fingerprint density at radius 3 is 2.75 bits per heavy atom. The van der Waals surface area contributed by atoms with E-state index in [0.29, 0.717) is 11.3 Å². The van der Waals surface area contributed by atoms with Crippen LogP contribution in [0.1, 0.15) is 31.7 Å². The number of piperidine rings is 1. The van der Waals surface area contributed by atoms with Gasteiger partial charge in [0.15, 0.2) is 0 Å². The molecular formula is C15H18BrN3O. The average Bonchev–Trinajstić information content (AvgIpc) is 2.49. The maximum atomic E-state index is 12.3. The topological polar surface area (TPSA) is 56.1 Å². The first kappa shape index (κ1) is 14.9. The Labute approximate surface area is 127 Å². The van der Waals surface area contributed by atoms with E-state index in [-0.39, 0.29) is 11.9 Å². The summed E-state index contributed by atoms with van der Waals surface area (Å²) in [5.74, 6) is 0.108. The second-order valence-electron chi connectivity index (χ2n) is 5.05. The van der Waals surface area contributed by atoms with Crippen molar-refractivity contribution in [2.75, 3.05) is 18.4 Å². The van der Waals surface area contributed by atoms with Crippen molar-refractivity contribution >= 4 is 27.5 Å². The van der Waals surface area contributed by atoms with E-state index in [0.717, 1.165) is 30.4 Å². The summed E-state index contributed by atoms with van der Waals surface area (Å²) in [7, 11) is 0. The summed E-state index contributed by atoms with van der Waals surface area (Å²) in [6.45, 7) is 3.53. The normalized spacial score (nSPS) is 16.4. The van der Waals surface area contributed by atoms with Crippen LogP contribution >= 0.6 is 15.9 Å². The fourth-order valence-corrected chi connectivity index (χ4v) is 2.78. The number of carbonyl (C=O) groups is 1. The smallest absolute Gasteiger partial charge is 0.244 e. The monoisotopic (exact) mass is 335 g/mol. The zero-order valence-electron chi connectivity index (χ0n) is 11.5. The van der Waals surface area contributed by atoms with Crippen LogP contribution in [0.5, 0.6) is 0 Å². The van der Waals surface area contributed by atoms with Crippen LogP contribution in [0.25, 0.3) is 0 Å². The Hall–Kier alpha value is -1.54. The van der Waals surface area contributed by atoms with Crippen molar-refractivity contribution in [1.82, 2.24) is 4.90 Å². The van der Waals surface area contributed by atoms with Crippen molar-refractivity contribution in [2.24, 2.45) is 0 Å². The van der Waals surface area contributed by atoms with Gasteiger partial charge in [0.2, 0.25) is 5.91 Å². The van der Waals surface area contributed by atoms with Crippen molar-refractivity contribution < 1.29 is 4.79 Å². The van der Waals surface area contributed by atoms with Gasteiger partial charge in [-0.05, 0) is 44.4 Å². The average molecular weight is 336 g/mol. The quantitative estimate of drug-likeness (QED) is 0.923. The van der Waals surface area contributed by atoms with E-state index in [2.05, 4.69) is 27.3 Å². The zero-order chi connectivity index (χ0) is 14.5. The fourth-order valence-electron chi connectivity index (χ4n) is 2.42.